The number of aromatic nitrogens is 1. The van der Waals surface area contributed by atoms with Crippen molar-refractivity contribution >= 4 is 44.7 Å². The number of pyridine rings is 1. The second-order valence-corrected chi connectivity index (χ2v) is 7.52. The van der Waals surface area contributed by atoms with Gasteiger partial charge >= 0.3 is 0 Å². The van der Waals surface area contributed by atoms with Crippen molar-refractivity contribution in [2.75, 3.05) is 5.32 Å². The van der Waals surface area contributed by atoms with Gasteiger partial charge in [-0.1, -0.05) is 29.3 Å². The van der Waals surface area contributed by atoms with Gasteiger partial charge in [-0.2, -0.15) is 4.73 Å². The van der Waals surface area contributed by atoms with E-state index in [-0.39, 0.29) is 0 Å². The van der Waals surface area contributed by atoms with Crippen LogP contribution in [-0.4, -0.2) is 9.94 Å². The largest absolute Gasteiger partial charge is 0.427 e. The third-order valence-electron chi connectivity index (χ3n) is 3.98. The number of anilines is 2. The fraction of sp³-hybridized carbons (Fsp3) is 0.150. The number of halogens is 2. The summed E-state index contributed by atoms with van der Waals surface area (Å²) in [5.74, 6) is 0.497. The summed E-state index contributed by atoms with van der Waals surface area (Å²) in [6, 6.07) is 13.3. The lowest BCUT2D eigenvalue weighted by atomic mass is 10.1. The smallest absolute Gasteiger partial charge is 0.148 e. The van der Waals surface area contributed by atoms with Crippen molar-refractivity contribution in [1.29, 1.82) is 0 Å². The number of benzene rings is 2. The van der Waals surface area contributed by atoms with Crippen molar-refractivity contribution in [2.45, 2.75) is 20.8 Å². The molecule has 0 aliphatic carbocycles. The first kappa shape index (κ1) is 18.5. The van der Waals surface area contributed by atoms with Crippen LogP contribution in [0.25, 0.3) is 0 Å². The average Bonchev–Trinajstić information content (AvgIpc) is 2.56. The molecule has 0 unspecified atom stereocenters. The molecule has 0 spiro atoms. The predicted molar refractivity (Wildman–Crippen MR) is 110 cm³/mol. The summed E-state index contributed by atoms with van der Waals surface area (Å²) in [6.45, 7) is 6.18. The van der Waals surface area contributed by atoms with Gasteiger partial charge in [-0.05, 0) is 72.1 Å². The monoisotopic (exact) mass is 431 g/mol. The van der Waals surface area contributed by atoms with Gasteiger partial charge < -0.3 is 10.5 Å². The van der Waals surface area contributed by atoms with E-state index in [4.69, 9.17) is 16.6 Å². The zero-order valence-electron chi connectivity index (χ0n) is 14.7. The van der Waals surface area contributed by atoms with E-state index >= 15 is 0 Å². The maximum Gasteiger partial charge on any atom is 0.148 e. The minimum Gasteiger partial charge on any atom is -0.427 e. The van der Waals surface area contributed by atoms with Crippen LogP contribution in [0.15, 0.2) is 58.1 Å². The topological polar surface area (TPSA) is 49.5 Å². The molecule has 4 nitrogen and oxygen atoms in total. The van der Waals surface area contributed by atoms with Gasteiger partial charge in [-0.25, -0.2) is 4.99 Å². The Kier molecular flexibility index (Phi) is 5.39. The number of hydrogen-bond donors (Lipinski definition) is 2. The Morgan fingerprint density at radius 3 is 2.27 bits per heavy atom. The molecule has 0 bridgehead atoms. The minimum absolute atomic E-state index is 0.497. The Labute approximate surface area is 165 Å². The molecule has 134 valence electrons. The quantitative estimate of drug-likeness (QED) is 0.495. The SMILES string of the molecule is Cc1cc(C)c(N=c2cc(Nc3ccc(Cl)cc3)n(O)cc2Br)c(C)c1. The zero-order valence-corrected chi connectivity index (χ0v) is 17.1. The number of aryl methyl sites for hydroxylation is 3. The summed E-state index contributed by atoms with van der Waals surface area (Å²) >= 11 is 9.40. The molecule has 0 saturated heterocycles. The van der Waals surface area contributed by atoms with Crippen molar-refractivity contribution in [3.8, 4) is 0 Å². The third kappa shape index (κ3) is 4.11. The molecule has 0 aliphatic heterocycles. The van der Waals surface area contributed by atoms with Crippen molar-refractivity contribution < 1.29 is 5.21 Å². The molecule has 1 heterocycles. The van der Waals surface area contributed by atoms with Crippen LogP contribution >= 0.6 is 27.5 Å². The molecule has 26 heavy (non-hydrogen) atoms. The molecule has 6 heteroatoms. The van der Waals surface area contributed by atoms with Gasteiger partial charge in [0.15, 0.2) is 0 Å². The van der Waals surface area contributed by atoms with E-state index in [0.717, 1.165) is 32.6 Å². The molecular weight excluding hydrogens is 414 g/mol. The van der Waals surface area contributed by atoms with E-state index in [1.165, 1.54) is 5.56 Å². The molecule has 0 radical (unpaired) electrons. The number of nitrogens with one attached hydrogen (secondary N) is 1. The highest BCUT2D eigenvalue weighted by Crippen LogP contribution is 2.25. The van der Waals surface area contributed by atoms with Crippen molar-refractivity contribution in [2.24, 2.45) is 4.99 Å². The Bertz CT molecular complexity index is 1000. The number of hydrogen-bond acceptors (Lipinski definition) is 3. The Hall–Kier alpha value is -2.24. The van der Waals surface area contributed by atoms with Gasteiger partial charge in [0, 0.05) is 16.8 Å². The summed E-state index contributed by atoms with van der Waals surface area (Å²) in [4.78, 5) is 4.81. The molecule has 0 fully saturated rings. The first-order valence-corrected chi connectivity index (χ1v) is 9.27. The second-order valence-electron chi connectivity index (χ2n) is 6.23. The molecule has 1 aromatic heterocycles. The molecule has 3 aromatic rings. The maximum atomic E-state index is 10.2. The molecule has 0 aliphatic rings. The van der Waals surface area contributed by atoms with E-state index in [0.29, 0.717) is 15.3 Å². The molecule has 0 amide bonds. The summed E-state index contributed by atoms with van der Waals surface area (Å²) in [5.41, 5.74) is 5.19. The molecule has 3 rings (SSSR count). The highest BCUT2D eigenvalue weighted by Gasteiger charge is 2.07. The highest BCUT2D eigenvalue weighted by molar-refractivity contribution is 9.10. The van der Waals surface area contributed by atoms with Gasteiger partial charge in [-0.3, -0.25) is 0 Å². The van der Waals surface area contributed by atoms with Crippen LogP contribution in [0.5, 0.6) is 0 Å². The van der Waals surface area contributed by atoms with E-state index in [1.54, 1.807) is 24.4 Å². The van der Waals surface area contributed by atoms with Crippen LogP contribution in [-0.2, 0) is 0 Å². The van der Waals surface area contributed by atoms with Crippen molar-refractivity contribution in [3.63, 3.8) is 0 Å². The summed E-state index contributed by atoms with van der Waals surface area (Å²) < 4.78 is 1.72. The molecule has 0 atom stereocenters. The molecule has 0 saturated carbocycles. The summed E-state index contributed by atoms with van der Waals surface area (Å²) in [5, 5.41) is 14.7. The fourth-order valence-corrected chi connectivity index (χ4v) is 3.36. The van der Waals surface area contributed by atoms with E-state index < -0.39 is 0 Å². The maximum absolute atomic E-state index is 10.2. The standard InChI is InChI=1S/C20H19BrClN3O/c1-12-8-13(2)20(14(3)9-12)24-18-10-19(25(26)11-17(18)21)23-16-6-4-15(22)5-7-16/h4-11,23,26H,1-3H3. The highest BCUT2D eigenvalue weighted by atomic mass is 79.9. The van der Waals surface area contributed by atoms with Gasteiger partial charge in [-0.15, -0.1) is 0 Å². The Morgan fingerprint density at radius 2 is 1.65 bits per heavy atom. The van der Waals surface area contributed by atoms with Crippen molar-refractivity contribution in [3.05, 3.63) is 80.2 Å². The van der Waals surface area contributed by atoms with E-state index in [2.05, 4.69) is 54.2 Å². The van der Waals surface area contributed by atoms with Gasteiger partial charge in [0.1, 0.15) is 5.82 Å². The first-order valence-electron chi connectivity index (χ1n) is 8.10. The molecule has 2 aromatic carbocycles. The van der Waals surface area contributed by atoms with Crippen LogP contribution in [0.2, 0.25) is 5.02 Å². The average molecular weight is 433 g/mol. The van der Waals surface area contributed by atoms with Gasteiger partial charge in [0.2, 0.25) is 0 Å². The zero-order chi connectivity index (χ0) is 18.8. The van der Waals surface area contributed by atoms with Crippen LogP contribution in [0.3, 0.4) is 0 Å². The van der Waals surface area contributed by atoms with Crippen LogP contribution < -0.4 is 10.7 Å². The lowest BCUT2D eigenvalue weighted by molar-refractivity contribution is 0.189. The van der Waals surface area contributed by atoms with E-state index in [9.17, 15) is 5.21 Å². The minimum atomic E-state index is 0.497. The molecular formula is C20H19BrClN3O. The summed E-state index contributed by atoms with van der Waals surface area (Å²) in [6.07, 6.45) is 1.57. The number of nitrogens with zero attached hydrogens (tertiary/aromatic N) is 2. The third-order valence-corrected chi connectivity index (χ3v) is 4.85. The summed E-state index contributed by atoms with van der Waals surface area (Å²) in [7, 11) is 0. The van der Waals surface area contributed by atoms with Crippen molar-refractivity contribution in [1.82, 2.24) is 4.73 Å². The normalized spacial score (nSPS) is 11.7. The van der Waals surface area contributed by atoms with Crippen LogP contribution in [0.4, 0.5) is 17.2 Å². The first-order chi connectivity index (χ1) is 12.3. The number of rotatable bonds is 3. The van der Waals surface area contributed by atoms with Gasteiger partial charge in [0.05, 0.1) is 21.7 Å². The Balaban J connectivity index is 2.07. The van der Waals surface area contributed by atoms with E-state index in [1.807, 2.05) is 12.1 Å². The second kappa shape index (κ2) is 7.56. The Morgan fingerprint density at radius 1 is 1.04 bits per heavy atom. The lowest BCUT2D eigenvalue weighted by Crippen LogP contribution is -2.12. The fourth-order valence-electron chi connectivity index (χ4n) is 2.84. The predicted octanol–water partition coefficient (Wildman–Crippen LogP) is 6.04. The van der Waals surface area contributed by atoms with Crippen LogP contribution in [0.1, 0.15) is 16.7 Å². The van der Waals surface area contributed by atoms with Gasteiger partial charge in [0.25, 0.3) is 0 Å². The lowest BCUT2D eigenvalue weighted by Gasteiger charge is -2.12. The van der Waals surface area contributed by atoms with Crippen LogP contribution in [0, 0.1) is 20.8 Å². The molecule has 2 N–H and O–H groups in total.